The minimum absolute atomic E-state index is 0.0651. The summed E-state index contributed by atoms with van der Waals surface area (Å²) in [4.78, 5) is 0. The van der Waals surface area contributed by atoms with E-state index in [1.54, 1.807) is 13.2 Å². The predicted octanol–water partition coefficient (Wildman–Crippen LogP) is 3.79. The van der Waals surface area contributed by atoms with Crippen molar-refractivity contribution in [2.75, 3.05) is 7.11 Å². The molecule has 0 atom stereocenters. The Morgan fingerprint density at radius 2 is 1.79 bits per heavy atom. The van der Waals surface area contributed by atoms with Crippen LogP contribution in [0.4, 0.5) is 0 Å². The number of hydrogen-bond donors (Lipinski definition) is 1. The van der Waals surface area contributed by atoms with E-state index in [1.165, 1.54) is 11.1 Å². The van der Waals surface area contributed by atoms with Crippen LogP contribution in [0.1, 0.15) is 29.5 Å². The molecule has 1 aliphatic carbocycles. The number of ether oxygens (including phenoxy) is 1. The molecule has 2 aromatic rings. The first kappa shape index (κ1) is 12.1. The van der Waals surface area contributed by atoms with Gasteiger partial charge in [-0.25, -0.2) is 0 Å². The second-order valence-corrected chi connectivity index (χ2v) is 5.30. The van der Waals surface area contributed by atoms with Crippen LogP contribution in [0.15, 0.2) is 42.5 Å². The predicted molar refractivity (Wildman–Crippen MR) is 75.9 cm³/mol. The first-order valence-electron chi connectivity index (χ1n) is 6.61. The van der Waals surface area contributed by atoms with Gasteiger partial charge in [-0.2, -0.15) is 0 Å². The van der Waals surface area contributed by atoms with Crippen LogP contribution in [-0.2, 0) is 5.41 Å². The van der Waals surface area contributed by atoms with E-state index in [0.29, 0.717) is 5.75 Å². The molecule has 0 spiro atoms. The topological polar surface area (TPSA) is 29.5 Å². The van der Waals surface area contributed by atoms with Crippen LogP contribution in [0.3, 0.4) is 0 Å². The zero-order chi connectivity index (χ0) is 13.5. The minimum Gasteiger partial charge on any atom is -0.508 e. The van der Waals surface area contributed by atoms with Crippen LogP contribution in [0.25, 0.3) is 0 Å². The van der Waals surface area contributed by atoms with Crippen molar-refractivity contribution in [3.63, 3.8) is 0 Å². The van der Waals surface area contributed by atoms with Gasteiger partial charge in [-0.05, 0) is 37.5 Å². The van der Waals surface area contributed by atoms with Gasteiger partial charge in [0.15, 0.2) is 0 Å². The monoisotopic (exact) mass is 254 g/mol. The highest BCUT2D eigenvalue weighted by atomic mass is 16.5. The van der Waals surface area contributed by atoms with E-state index in [-0.39, 0.29) is 5.41 Å². The molecule has 2 nitrogen and oxygen atoms in total. The van der Waals surface area contributed by atoms with Crippen molar-refractivity contribution in [1.82, 2.24) is 0 Å². The number of benzene rings is 2. The number of methoxy groups -OCH3 is 1. The maximum atomic E-state index is 10.1. The van der Waals surface area contributed by atoms with E-state index in [2.05, 4.69) is 25.1 Å². The molecular weight excluding hydrogens is 236 g/mol. The molecule has 98 valence electrons. The third kappa shape index (κ3) is 1.88. The van der Waals surface area contributed by atoms with E-state index in [1.807, 2.05) is 18.2 Å². The van der Waals surface area contributed by atoms with E-state index in [9.17, 15) is 5.11 Å². The molecule has 0 amide bonds. The standard InChI is InChI=1S/C17H18O2/c1-12-7-8-14(16(11-12)19-2)17(9-10-17)13-5-3-4-6-15(13)18/h3-8,11,18H,9-10H2,1-2H3. The maximum Gasteiger partial charge on any atom is 0.123 e. The molecule has 0 heterocycles. The Kier molecular flexibility index (Phi) is 2.74. The van der Waals surface area contributed by atoms with Crippen molar-refractivity contribution >= 4 is 0 Å². The fourth-order valence-electron chi connectivity index (χ4n) is 2.88. The van der Waals surface area contributed by atoms with Crippen molar-refractivity contribution in [3.05, 3.63) is 59.2 Å². The molecule has 1 saturated carbocycles. The van der Waals surface area contributed by atoms with Gasteiger partial charge >= 0.3 is 0 Å². The Bertz CT molecular complexity index is 612. The summed E-state index contributed by atoms with van der Waals surface area (Å²) in [6.45, 7) is 2.06. The second-order valence-electron chi connectivity index (χ2n) is 5.30. The van der Waals surface area contributed by atoms with Gasteiger partial charge in [0.2, 0.25) is 0 Å². The van der Waals surface area contributed by atoms with Gasteiger partial charge in [-0.15, -0.1) is 0 Å². The van der Waals surface area contributed by atoms with E-state index in [0.717, 1.165) is 24.2 Å². The summed E-state index contributed by atoms with van der Waals surface area (Å²) in [5.74, 6) is 1.29. The molecule has 0 saturated heterocycles. The highest BCUT2D eigenvalue weighted by Crippen LogP contribution is 2.58. The molecule has 19 heavy (non-hydrogen) atoms. The van der Waals surface area contributed by atoms with Crippen molar-refractivity contribution in [3.8, 4) is 11.5 Å². The van der Waals surface area contributed by atoms with Crippen LogP contribution in [0.5, 0.6) is 11.5 Å². The Morgan fingerprint density at radius 1 is 1.05 bits per heavy atom. The third-order valence-electron chi connectivity index (χ3n) is 4.04. The van der Waals surface area contributed by atoms with Gasteiger partial charge in [-0.1, -0.05) is 30.3 Å². The molecule has 1 aliphatic rings. The van der Waals surface area contributed by atoms with Gasteiger partial charge in [0, 0.05) is 16.5 Å². The molecule has 0 aromatic heterocycles. The summed E-state index contributed by atoms with van der Waals surface area (Å²) in [6.07, 6.45) is 2.12. The Balaban J connectivity index is 2.14. The van der Waals surface area contributed by atoms with E-state index < -0.39 is 0 Å². The molecule has 2 aromatic carbocycles. The van der Waals surface area contributed by atoms with Crippen molar-refractivity contribution in [2.24, 2.45) is 0 Å². The number of phenols is 1. The Hall–Kier alpha value is -1.96. The molecule has 0 aliphatic heterocycles. The number of rotatable bonds is 3. The highest BCUT2D eigenvalue weighted by molar-refractivity contribution is 5.56. The summed E-state index contributed by atoms with van der Waals surface area (Å²) in [7, 11) is 1.71. The second kappa shape index (κ2) is 4.30. The lowest BCUT2D eigenvalue weighted by Gasteiger charge is -2.20. The fraction of sp³-hybridized carbons (Fsp3) is 0.294. The van der Waals surface area contributed by atoms with Gasteiger partial charge in [-0.3, -0.25) is 0 Å². The molecule has 0 bridgehead atoms. The quantitative estimate of drug-likeness (QED) is 0.903. The van der Waals surface area contributed by atoms with Crippen molar-refractivity contribution in [1.29, 1.82) is 0 Å². The summed E-state index contributed by atoms with van der Waals surface area (Å²) in [5, 5.41) is 10.1. The zero-order valence-electron chi connectivity index (χ0n) is 11.3. The largest absolute Gasteiger partial charge is 0.508 e. The van der Waals surface area contributed by atoms with Crippen LogP contribution in [0, 0.1) is 6.92 Å². The number of aromatic hydroxyl groups is 1. The smallest absolute Gasteiger partial charge is 0.123 e. The number of phenolic OH excluding ortho intramolecular Hbond substituents is 1. The first-order chi connectivity index (χ1) is 9.17. The average Bonchev–Trinajstić information content (AvgIpc) is 3.20. The Labute approximate surface area is 113 Å². The van der Waals surface area contributed by atoms with Crippen LogP contribution < -0.4 is 4.74 Å². The molecule has 0 radical (unpaired) electrons. The third-order valence-corrected chi connectivity index (χ3v) is 4.04. The van der Waals surface area contributed by atoms with E-state index >= 15 is 0 Å². The SMILES string of the molecule is COc1cc(C)ccc1C1(c2ccccc2O)CC1. The highest BCUT2D eigenvalue weighted by Gasteiger charge is 2.49. The van der Waals surface area contributed by atoms with Crippen LogP contribution in [-0.4, -0.2) is 12.2 Å². The zero-order valence-corrected chi connectivity index (χ0v) is 11.3. The fourth-order valence-corrected chi connectivity index (χ4v) is 2.88. The molecule has 2 heteroatoms. The van der Waals surface area contributed by atoms with Gasteiger partial charge < -0.3 is 9.84 Å². The average molecular weight is 254 g/mol. The van der Waals surface area contributed by atoms with Crippen molar-refractivity contribution < 1.29 is 9.84 Å². The lowest BCUT2D eigenvalue weighted by molar-refractivity contribution is 0.405. The summed E-state index contributed by atoms with van der Waals surface area (Å²) in [6, 6.07) is 13.9. The van der Waals surface area contributed by atoms with E-state index in [4.69, 9.17) is 4.74 Å². The normalized spacial score (nSPS) is 16.1. The number of para-hydroxylation sites is 1. The lowest BCUT2D eigenvalue weighted by atomic mass is 9.86. The lowest BCUT2D eigenvalue weighted by Crippen LogP contribution is -2.10. The number of hydrogen-bond acceptors (Lipinski definition) is 2. The van der Waals surface area contributed by atoms with Gasteiger partial charge in [0.25, 0.3) is 0 Å². The molecule has 1 fully saturated rings. The summed E-state index contributed by atoms with van der Waals surface area (Å²) in [5.41, 5.74) is 3.32. The van der Waals surface area contributed by atoms with Crippen LogP contribution >= 0.6 is 0 Å². The molecule has 1 N–H and O–H groups in total. The molecule has 0 unspecified atom stereocenters. The van der Waals surface area contributed by atoms with Gasteiger partial charge in [0.1, 0.15) is 11.5 Å². The Morgan fingerprint density at radius 3 is 2.42 bits per heavy atom. The number of aryl methyl sites for hydroxylation is 1. The first-order valence-corrected chi connectivity index (χ1v) is 6.61. The summed E-state index contributed by atoms with van der Waals surface area (Å²) < 4.78 is 5.53. The van der Waals surface area contributed by atoms with Gasteiger partial charge in [0.05, 0.1) is 7.11 Å². The van der Waals surface area contributed by atoms with Crippen molar-refractivity contribution in [2.45, 2.75) is 25.2 Å². The molecular formula is C17H18O2. The minimum atomic E-state index is -0.0651. The summed E-state index contributed by atoms with van der Waals surface area (Å²) >= 11 is 0. The maximum absolute atomic E-state index is 10.1. The molecule has 3 rings (SSSR count). The van der Waals surface area contributed by atoms with Crippen LogP contribution in [0.2, 0.25) is 0 Å².